The minimum absolute atomic E-state index is 0.0210. The summed E-state index contributed by atoms with van der Waals surface area (Å²) in [5.74, 6) is -2.91. The van der Waals surface area contributed by atoms with Crippen LogP contribution in [0.2, 0.25) is 0 Å². The van der Waals surface area contributed by atoms with Crippen LogP contribution in [0, 0.1) is 6.92 Å². The van der Waals surface area contributed by atoms with Gasteiger partial charge in [-0.3, -0.25) is 4.79 Å². The van der Waals surface area contributed by atoms with Crippen LogP contribution in [-0.2, 0) is 9.59 Å². The Labute approximate surface area is 109 Å². The molecule has 19 heavy (non-hydrogen) atoms. The molecule has 0 aliphatic heterocycles. The Kier molecular flexibility index (Phi) is 4.41. The highest BCUT2D eigenvalue weighted by molar-refractivity contribution is 6.07. The van der Waals surface area contributed by atoms with E-state index in [0.29, 0.717) is 11.3 Å². The number of carboxylic acids is 2. The average molecular weight is 263 g/mol. The van der Waals surface area contributed by atoms with Crippen LogP contribution < -0.4 is 5.32 Å². The Hall–Kier alpha value is -2.63. The number of nitrogens with one attached hydrogen (secondary N) is 1. The van der Waals surface area contributed by atoms with Gasteiger partial charge in [0, 0.05) is 17.3 Å². The van der Waals surface area contributed by atoms with Gasteiger partial charge in [-0.15, -0.1) is 0 Å². The second-order valence-electron chi connectivity index (χ2n) is 3.95. The summed E-state index contributed by atoms with van der Waals surface area (Å²) >= 11 is 0. The lowest BCUT2D eigenvalue weighted by molar-refractivity contribution is -0.131. The van der Waals surface area contributed by atoms with Crippen LogP contribution >= 0.6 is 0 Å². The smallest absolute Gasteiger partial charge is 0.335 e. The summed E-state index contributed by atoms with van der Waals surface area (Å²) in [4.78, 5) is 33.0. The molecule has 0 saturated carbocycles. The third kappa shape index (κ3) is 3.95. The molecule has 6 nitrogen and oxygen atoms in total. The maximum atomic E-state index is 11.7. The van der Waals surface area contributed by atoms with E-state index in [1.165, 1.54) is 19.1 Å². The van der Waals surface area contributed by atoms with Crippen LogP contribution in [0.5, 0.6) is 0 Å². The minimum atomic E-state index is -1.22. The zero-order valence-electron chi connectivity index (χ0n) is 10.4. The quantitative estimate of drug-likeness (QED) is 0.717. The van der Waals surface area contributed by atoms with Gasteiger partial charge in [0.25, 0.3) is 5.91 Å². The molecule has 0 bridgehead atoms. The number of carboxylic acid groups (broad SMARTS) is 2. The molecule has 0 atom stereocenters. The molecule has 1 amide bonds. The molecule has 1 rings (SSSR count). The second kappa shape index (κ2) is 5.81. The Balaban J connectivity index is 2.99. The van der Waals surface area contributed by atoms with Crippen molar-refractivity contribution in [1.82, 2.24) is 0 Å². The van der Waals surface area contributed by atoms with E-state index < -0.39 is 17.8 Å². The number of hydrogen-bond acceptors (Lipinski definition) is 3. The van der Waals surface area contributed by atoms with E-state index in [-0.39, 0.29) is 11.1 Å². The number of aromatic carboxylic acids is 1. The van der Waals surface area contributed by atoms with E-state index >= 15 is 0 Å². The van der Waals surface area contributed by atoms with Gasteiger partial charge in [-0.1, -0.05) is 6.07 Å². The first-order valence-corrected chi connectivity index (χ1v) is 5.37. The van der Waals surface area contributed by atoms with Crippen molar-refractivity contribution >= 4 is 23.5 Å². The van der Waals surface area contributed by atoms with Gasteiger partial charge in [-0.25, -0.2) is 9.59 Å². The fourth-order valence-corrected chi connectivity index (χ4v) is 1.36. The highest BCUT2D eigenvalue weighted by Gasteiger charge is 2.11. The topological polar surface area (TPSA) is 104 Å². The molecule has 3 N–H and O–H groups in total. The van der Waals surface area contributed by atoms with Gasteiger partial charge < -0.3 is 15.5 Å². The molecule has 0 fully saturated rings. The Morgan fingerprint density at radius 2 is 1.84 bits per heavy atom. The molecule has 0 aromatic heterocycles. The van der Waals surface area contributed by atoms with Crippen molar-refractivity contribution in [2.24, 2.45) is 0 Å². The van der Waals surface area contributed by atoms with E-state index in [0.717, 1.165) is 6.08 Å². The summed E-state index contributed by atoms with van der Waals surface area (Å²) in [6.07, 6.45) is 0.783. The number of aryl methyl sites for hydroxylation is 1. The third-order valence-electron chi connectivity index (χ3n) is 2.43. The predicted octanol–water partition coefficient (Wildman–Crippen LogP) is 1.66. The molecular weight excluding hydrogens is 250 g/mol. The normalized spacial score (nSPS) is 10.9. The van der Waals surface area contributed by atoms with Crippen molar-refractivity contribution in [3.05, 3.63) is 41.0 Å². The van der Waals surface area contributed by atoms with Crippen LogP contribution in [0.15, 0.2) is 29.8 Å². The summed E-state index contributed by atoms with van der Waals surface area (Å²) in [5.41, 5.74) is 1.08. The summed E-state index contributed by atoms with van der Waals surface area (Å²) in [5, 5.41) is 19.9. The molecule has 0 spiro atoms. The van der Waals surface area contributed by atoms with Gasteiger partial charge in [0.15, 0.2) is 0 Å². The second-order valence-corrected chi connectivity index (χ2v) is 3.95. The standard InChI is InChI=1S/C13H13NO5/c1-7-3-4-9(13(18)19)6-10(7)14-12(17)8(2)5-11(15)16/h3-6H,1-2H3,(H,14,17)(H,15,16)(H,18,19)/b8-5-. The lowest BCUT2D eigenvalue weighted by atomic mass is 10.1. The molecule has 0 saturated heterocycles. The van der Waals surface area contributed by atoms with Crippen molar-refractivity contribution in [2.75, 3.05) is 5.32 Å². The molecule has 0 radical (unpaired) electrons. The first-order chi connectivity index (χ1) is 8.81. The number of carbonyl (C=O) groups is 3. The summed E-state index contributed by atoms with van der Waals surface area (Å²) in [6.45, 7) is 3.07. The zero-order chi connectivity index (χ0) is 14.6. The van der Waals surface area contributed by atoms with Crippen molar-refractivity contribution in [1.29, 1.82) is 0 Å². The molecule has 100 valence electrons. The van der Waals surface area contributed by atoms with Gasteiger partial charge in [0.1, 0.15) is 0 Å². The first-order valence-electron chi connectivity index (χ1n) is 5.37. The molecule has 0 unspecified atom stereocenters. The molecule has 0 aliphatic rings. The number of carbonyl (C=O) groups excluding carboxylic acids is 1. The third-order valence-corrected chi connectivity index (χ3v) is 2.43. The van der Waals surface area contributed by atoms with E-state index in [9.17, 15) is 14.4 Å². The number of anilines is 1. The first kappa shape index (κ1) is 14.4. The van der Waals surface area contributed by atoms with Crippen LogP contribution in [-0.4, -0.2) is 28.1 Å². The van der Waals surface area contributed by atoms with E-state index in [1.54, 1.807) is 13.0 Å². The zero-order valence-corrected chi connectivity index (χ0v) is 10.4. The number of hydrogen-bond donors (Lipinski definition) is 3. The van der Waals surface area contributed by atoms with Gasteiger partial charge in [-0.2, -0.15) is 0 Å². The largest absolute Gasteiger partial charge is 0.478 e. The maximum Gasteiger partial charge on any atom is 0.335 e. The Morgan fingerprint density at radius 1 is 1.21 bits per heavy atom. The molecule has 1 aromatic rings. The maximum absolute atomic E-state index is 11.7. The monoisotopic (exact) mass is 263 g/mol. The van der Waals surface area contributed by atoms with Crippen LogP contribution in [0.25, 0.3) is 0 Å². The lowest BCUT2D eigenvalue weighted by Gasteiger charge is -2.09. The minimum Gasteiger partial charge on any atom is -0.478 e. The number of amides is 1. The Bertz CT molecular complexity index is 574. The van der Waals surface area contributed by atoms with Gasteiger partial charge >= 0.3 is 11.9 Å². The van der Waals surface area contributed by atoms with Crippen LogP contribution in [0.4, 0.5) is 5.69 Å². The average Bonchev–Trinajstić information content (AvgIpc) is 2.30. The fourth-order valence-electron chi connectivity index (χ4n) is 1.36. The van der Waals surface area contributed by atoms with Crippen molar-refractivity contribution in [3.8, 4) is 0 Å². The van der Waals surface area contributed by atoms with Crippen molar-refractivity contribution in [2.45, 2.75) is 13.8 Å². The predicted molar refractivity (Wildman–Crippen MR) is 68.2 cm³/mol. The fraction of sp³-hybridized carbons (Fsp3) is 0.154. The molecule has 1 aromatic carbocycles. The number of aliphatic carboxylic acids is 1. The number of rotatable bonds is 4. The summed E-state index contributed by atoms with van der Waals surface area (Å²) < 4.78 is 0. The molecule has 6 heteroatoms. The van der Waals surface area contributed by atoms with Crippen molar-refractivity contribution in [3.63, 3.8) is 0 Å². The summed E-state index contributed by atoms with van der Waals surface area (Å²) in [7, 11) is 0. The van der Waals surface area contributed by atoms with Crippen LogP contribution in [0.1, 0.15) is 22.8 Å². The van der Waals surface area contributed by atoms with Gasteiger partial charge in [0.2, 0.25) is 0 Å². The molecule has 0 aliphatic carbocycles. The Morgan fingerprint density at radius 3 is 2.37 bits per heavy atom. The van der Waals surface area contributed by atoms with E-state index in [1.807, 2.05) is 0 Å². The highest BCUT2D eigenvalue weighted by Crippen LogP contribution is 2.17. The molecule has 0 heterocycles. The highest BCUT2D eigenvalue weighted by atomic mass is 16.4. The van der Waals surface area contributed by atoms with E-state index in [4.69, 9.17) is 10.2 Å². The summed E-state index contributed by atoms with van der Waals surface area (Å²) in [6, 6.07) is 4.31. The van der Waals surface area contributed by atoms with Gasteiger partial charge in [0.05, 0.1) is 5.56 Å². The van der Waals surface area contributed by atoms with Crippen LogP contribution in [0.3, 0.4) is 0 Å². The molecular formula is C13H13NO5. The van der Waals surface area contributed by atoms with E-state index in [2.05, 4.69) is 5.32 Å². The van der Waals surface area contributed by atoms with Crippen molar-refractivity contribution < 1.29 is 24.6 Å². The lowest BCUT2D eigenvalue weighted by Crippen LogP contribution is -2.15. The number of benzene rings is 1. The van der Waals surface area contributed by atoms with Gasteiger partial charge in [-0.05, 0) is 31.5 Å². The SMILES string of the molecule is C/C(=C/C(=O)O)C(=O)Nc1cc(C(=O)O)ccc1C.